The van der Waals surface area contributed by atoms with Crippen molar-refractivity contribution in [2.24, 2.45) is 0 Å². The van der Waals surface area contributed by atoms with Gasteiger partial charge in [0.15, 0.2) is 11.3 Å². The number of H-pyrrole nitrogens is 1. The molecule has 1 aromatic carbocycles. The van der Waals surface area contributed by atoms with Gasteiger partial charge in [0, 0.05) is 13.1 Å². The normalized spacial score (nSPS) is 11.4. The van der Waals surface area contributed by atoms with E-state index in [2.05, 4.69) is 4.98 Å². The molecule has 0 aliphatic carbocycles. The molecule has 2 aromatic rings. The van der Waals surface area contributed by atoms with Gasteiger partial charge in [-0.05, 0) is 51.0 Å². The lowest BCUT2D eigenvalue weighted by Gasteiger charge is -2.33. The number of anilines is 2. The van der Waals surface area contributed by atoms with Crippen LogP contribution >= 0.6 is 0 Å². The van der Waals surface area contributed by atoms with E-state index in [1.54, 1.807) is 13.8 Å². The van der Waals surface area contributed by atoms with Crippen LogP contribution in [0.5, 0.6) is 5.75 Å². The number of carbonyl (C=O) groups excluding carboxylic acids is 1. The molecule has 0 radical (unpaired) electrons. The third-order valence-corrected chi connectivity index (χ3v) is 5.15. The maximum atomic E-state index is 13.6. The number of nitrogens with zero attached hydrogens (tertiary/aromatic N) is 2. The number of hydrogen-bond acceptors (Lipinski definition) is 5. The Morgan fingerprint density at radius 2 is 1.75 bits per heavy atom. The zero-order valence-corrected chi connectivity index (χ0v) is 19.2. The highest BCUT2D eigenvalue weighted by Gasteiger charge is 2.37. The van der Waals surface area contributed by atoms with Crippen molar-refractivity contribution in [2.75, 3.05) is 17.2 Å². The zero-order valence-electron chi connectivity index (χ0n) is 19.2. The lowest BCUT2D eigenvalue weighted by atomic mass is 10.1. The summed E-state index contributed by atoms with van der Waals surface area (Å²) in [5.41, 5.74) is 3.48. The van der Waals surface area contributed by atoms with Crippen LogP contribution in [0, 0.1) is 5.82 Å². The van der Waals surface area contributed by atoms with Gasteiger partial charge in [-0.15, -0.1) is 0 Å². The Kier molecular flexibility index (Phi) is 8.63. The van der Waals surface area contributed by atoms with Crippen LogP contribution in [-0.2, 0) is 11.3 Å². The predicted octanol–water partition coefficient (Wildman–Crippen LogP) is 3.44. The number of aromatic amines is 1. The maximum Gasteiger partial charge on any atom is 0.330 e. The van der Waals surface area contributed by atoms with E-state index in [4.69, 9.17) is 10.5 Å². The topological polar surface area (TPSA) is 110 Å². The minimum absolute atomic E-state index is 0.0466. The fraction of sp³-hybridized carbons (Fsp3) is 0.522. The highest BCUT2D eigenvalue weighted by atomic mass is 19.1. The van der Waals surface area contributed by atoms with Gasteiger partial charge >= 0.3 is 5.69 Å². The fourth-order valence-corrected chi connectivity index (χ4v) is 3.38. The minimum Gasteiger partial charge on any atom is -0.478 e. The van der Waals surface area contributed by atoms with Crippen LogP contribution in [0.1, 0.15) is 59.8 Å². The van der Waals surface area contributed by atoms with Crippen LogP contribution < -0.4 is 26.6 Å². The van der Waals surface area contributed by atoms with Crippen molar-refractivity contribution in [3.63, 3.8) is 0 Å². The number of nitrogens with one attached hydrogen (secondary N) is 1. The summed E-state index contributed by atoms with van der Waals surface area (Å²) in [6.07, 6.45) is 3.92. The summed E-state index contributed by atoms with van der Waals surface area (Å²) in [7, 11) is 0. The molecule has 0 saturated carbocycles. The standard InChI is InChI=1S/C23H33FN4O4/c1-5-7-9-15-27(18-19(25)28(14-8-6-2)22(31)26-20(18)29)21(30)23(3,4)32-17-12-10-16(24)11-13-17/h10-13H,5-9,14-15,25H2,1-4H3,(H,26,29,31). The number of hydrogen-bond donors (Lipinski definition) is 2. The summed E-state index contributed by atoms with van der Waals surface area (Å²) < 4.78 is 20.4. The van der Waals surface area contributed by atoms with Gasteiger partial charge in [0.1, 0.15) is 17.4 Å². The molecular weight excluding hydrogens is 415 g/mol. The van der Waals surface area contributed by atoms with Gasteiger partial charge in [-0.3, -0.25) is 19.1 Å². The summed E-state index contributed by atoms with van der Waals surface area (Å²) in [6.45, 7) is 7.72. The van der Waals surface area contributed by atoms with Crippen LogP contribution in [0.15, 0.2) is 33.9 Å². The van der Waals surface area contributed by atoms with E-state index in [1.807, 2.05) is 13.8 Å². The van der Waals surface area contributed by atoms with E-state index in [1.165, 1.54) is 33.7 Å². The van der Waals surface area contributed by atoms with Crippen LogP contribution in [-0.4, -0.2) is 27.6 Å². The van der Waals surface area contributed by atoms with Gasteiger partial charge in [-0.25, -0.2) is 9.18 Å². The van der Waals surface area contributed by atoms with E-state index in [0.717, 1.165) is 19.3 Å². The summed E-state index contributed by atoms with van der Waals surface area (Å²) in [5.74, 6) is -0.644. The Morgan fingerprint density at radius 1 is 1.12 bits per heavy atom. The molecule has 0 unspecified atom stereocenters. The molecule has 1 heterocycles. The summed E-state index contributed by atoms with van der Waals surface area (Å²) in [4.78, 5) is 42.2. The van der Waals surface area contributed by atoms with Gasteiger partial charge < -0.3 is 15.4 Å². The number of amides is 1. The van der Waals surface area contributed by atoms with E-state index in [0.29, 0.717) is 25.1 Å². The average Bonchev–Trinajstić information content (AvgIpc) is 2.73. The smallest absolute Gasteiger partial charge is 0.330 e. The SMILES string of the molecule is CCCCCN(C(=O)C(C)(C)Oc1ccc(F)cc1)c1c(N)n(CCCC)c(=O)[nH]c1=O. The molecule has 0 aliphatic rings. The number of halogens is 1. The van der Waals surface area contributed by atoms with Crippen molar-refractivity contribution in [3.8, 4) is 5.75 Å². The highest BCUT2D eigenvalue weighted by molar-refractivity contribution is 6.00. The van der Waals surface area contributed by atoms with Crippen molar-refractivity contribution >= 4 is 17.4 Å². The number of benzene rings is 1. The molecule has 0 bridgehead atoms. The number of carbonyl (C=O) groups is 1. The number of nitrogens with two attached hydrogens (primary N) is 1. The van der Waals surface area contributed by atoms with Crippen LogP contribution in [0.25, 0.3) is 0 Å². The molecule has 1 aromatic heterocycles. The van der Waals surface area contributed by atoms with Gasteiger partial charge in [0.2, 0.25) is 0 Å². The molecule has 0 atom stereocenters. The average molecular weight is 449 g/mol. The number of rotatable bonds is 11. The molecule has 1 amide bonds. The third kappa shape index (κ3) is 5.99. The zero-order chi connectivity index (χ0) is 23.9. The number of ether oxygens (including phenoxy) is 1. The lowest BCUT2D eigenvalue weighted by molar-refractivity contribution is -0.131. The second-order valence-corrected chi connectivity index (χ2v) is 8.23. The molecule has 0 aliphatic heterocycles. The van der Waals surface area contributed by atoms with Gasteiger partial charge in [-0.1, -0.05) is 33.1 Å². The summed E-state index contributed by atoms with van der Waals surface area (Å²) in [5, 5.41) is 0. The number of nitrogen functional groups attached to an aromatic ring is 1. The largest absolute Gasteiger partial charge is 0.478 e. The fourth-order valence-electron chi connectivity index (χ4n) is 3.38. The Hall–Kier alpha value is -3.10. The Labute approximate surface area is 187 Å². The first-order chi connectivity index (χ1) is 15.1. The highest BCUT2D eigenvalue weighted by Crippen LogP contribution is 2.25. The third-order valence-electron chi connectivity index (χ3n) is 5.15. The van der Waals surface area contributed by atoms with Crippen molar-refractivity contribution in [2.45, 2.75) is 71.9 Å². The molecule has 0 saturated heterocycles. The van der Waals surface area contributed by atoms with Crippen molar-refractivity contribution in [1.29, 1.82) is 0 Å². The molecule has 3 N–H and O–H groups in total. The number of aromatic nitrogens is 2. The second-order valence-electron chi connectivity index (χ2n) is 8.23. The molecule has 2 rings (SSSR count). The molecule has 9 heteroatoms. The summed E-state index contributed by atoms with van der Waals surface area (Å²) in [6, 6.07) is 5.33. The predicted molar refractivity (Wildman–Crippen MR) is 124 cm³/mol. The second kappa shape index (κ2) is 11.0. The molecule has 8 nitrogen and oxygen atoms in total. The molecule has 0 fully saturated rings. The van der Waals surface area contributed by atoms with Crippen molar-refractivity contribution in [1.82, 2.24) is 9.55 Å². The maximum absolute atomic E-state index is 13.6. The Bertz CT molecular complexity index is 1030. The summed E-state index contributed by atoms with van der Waals surface area (Å²) >= 11 is 0. The first kappa shape index (κ1) is 25.2. The van der Waals surface area contributed by atoms with Gasteiger partial charge in [-0.2, -0.15) is 0 Å². The quantitative estimate of drug-likeness (QED) is 0.512. The van der Waals surface area contributed by atoms with Crippen molar-refractivity contribution < 1.29 is 13.9 Å². The van der Waals surface area contributed by atoms with Crippen molar-refractivity contribution in [3.05, 3.63) is 50.9 Å². The Balaban J connectivity index is 2.49. The van der Waals surface area contributed by atoms with Crippen LogP contribution in [0.4, 0.5) is 15.9 Å². The lowest BCUT2D eigenvalue weighted by Crippen LogP contribution is -2.52. The van der Waals surface area contributed by atoms with Crippen LogP contribution in [0.2, 0.25) is 0 Å². The first-order valence-electron chi connectivity index (χ1n) is 11.0. The van der Waals surface area contributed by atoms with Gasteiger partial charge in [0.25, 0.3) is 11.5 Å². The van der Waals surface area contributed by atoms with Crippen LogP contribution in [0.3, 0.4) is 0 Å². The van der Waals surface area contributed by atoms with E-state index < -0.39 is 28.6 Å². The molecule has 0 spiro atoms. The van der Waals surface area contributed by atoms with E-state index in [9.17, 15) is 18.8 Å². The Morgan fingerprint density at radius 3 is 2.34 bits per heavy atom. The molecule has 176 valence electrons. The molecular formula is C23H33FN4O4. The first-order valence-corrected chi connectivity index (χ1v) is 11.0. The monoisotopic (exact) mass is 448 g/mol. The van der Waals surface area contributed by atoms with E-state index in [-0.39, 0.29) is 18.1 Å². The van der Waals surface area contributed by atoms with Gasteiger partial charge in [0.05, 0.1) is 0 Å². The minimum atomic E-state index is -1.38. The molecule has 32 heavy (non-hydrogen) atoms. The van der Waals surface area contributed by atoms with E-state index >= 15 is 0 Å². The number of unbranched alkanes of at least 4 members (excludes halogenated alkanes) is 3.